The van der Waals surface area contributed by atoms with E-state index in [0.717, 1.165) is 16.5 Å². The van der Waals surface area contributed by atoms with Gasteiger partial charge in [-0.15, -0.1) is 0 Å². The van der Waals surface area contributed by atoms with Gasteiger partial charge >= 0.3 is 0 Å². The first kappa shape index (κ1) is 15.1. The van der Waals surface area contributed by atoms with E-state index in [1.54, 1.807) is 10.9 Å². The van der Waals surface area contributed by atoms with Gasteiger partial charge in [-0.1, -0.05) is 23.7 Å². The fourth-order valence-electron chi connectivity index (χ4n) is 1.77. The molecule has 0 saturated carbocycles. The Labute approximate surface area is 131 Å². The van der Waals surface area contributed by atoms with Crippen LogP contribution in [-0.2, 0) is 17.8 Å². The van der Waals surface area contributed by atoms with Crippen LogP contribution in [-0.4, -0.2) is 22.2 Å². The molecule has 106 valence electrons. The number of carbonyl (C=O) groups excluding carboxylic acids is 1. The Morgan fingerprint density at radius 2 is 2.10 bits per heavy atom. The highest BCUT2D eigenvalue weighted by atomic mass is 79.9. The molecule has 1 aromatic carbocycles. The van der Waals surface area contributed by atoms with Crippen molar-refractivity contribution in [1.82, 2.24) is 15.1 Å². The number of nitrogens with one attached hydrogen (secondary N) is 1. The number of aryl methyl sites for hydroxylation is 1. The lowest BCUT2D eigenvalue weighted by molar-refractivity contribution is -0.121. The average molecular weight is 357 g/mol. The van der Waals surface area contributed by atoms with Gasteiger partial charge in [0, 0.05) is 24.2 Å². The number of hydrogen-bond acceptors (Lipinski definition) is 2. The van der Waals surface area contributed by atoms with Gasteiger partial charge in [-0.25, -0.2) is 0 Å². The Kier molecular flexibility index (Phi) is 5.61. The highest BCUT2D eigenvalue weighted by Gasteiger charge is 2.02. The minimum atomic E-state index is 0.0474. The summed E-state index contributed by atoms with van der Waals surface area (Å²) >= 11 is 9.14. The van der Waals surface area contributed by atoms with Gasteiger partial charge in [0.15, 0.2) is 0 Å². The van der Waals surface area contributed by atoms with Crippen LogP contribution >= 0.6 is 27.5 Å². The zero-order valence-electron chi connectivity index (χ0n) is 10.9. The molecule has 4 nitrogen and oxygen atoms in total. The van der Waals surface area contributed by atoms with Crippen LogP contribution in [0.5, 0.6) is 0 Å². The van der Waals surface area contributed by atoms with Crippen LogP contribution in [0.2, 0.25) is 5.02 Å². The number of carbonyl (C=O) groups is 1. The fraction of sp³-hybridized carbons (Fsp3) is 0.286. The SMILES string of the molecule is O=C(CCc1ccc(Cl)cc1)NCCn1cc(Br)cn1. The molecule has 0 radical (unpaired) electrons. The lowest BCUT2D eigenvalue weighted by Gasteiger charge is -2.05. The molecule has 2 rings (SSSR count). The number of benzene rings is 1. The van der Waals surface area contributed by atoms with E-state index < -0.39 is 0 Å². The lowest BCUT2D eigenvalue weighted by atomic mass is 10.1. The van der Waals surface area contributed by atoms with Gasteiger partial charge in [0.2, 0.25) is 5.91 Å². The molecule has 1 aromatic heterocycles. The normalized spacial score (nSPS) is 10.5. The van der Waals surface area contributed by atoms with Crippen molar-refractivity contribution in [3.63, 3.8) is 0 Å². The van der Waals surface area contributed by atoms with E-state index in [0.29, 0.717) is 24.5 Å². The van der Waals surface area contributed by atoms with Gasteiger partial charge in [0.05, 0.1) is 17.2 Å². The summed E-state index contributed by atoms with van der Waals surface area (Å²) in [4.78, 5) is 11.7. The van der Waals surface area contributed by atoms with E-state index in [4.69, 9.17) is 11.6 Å². The molecular weight excluding hydrogens is 342 g/mol. The summed E-state index contributed by atoms with van der Waals surface area (Å²) in [6.45, 7) is 1.24. The number of halogens is 2. The predicted octanol–water partition coefficient (Wildman–Crippen LogP) is 3.05. The largest absolute Gasteiger partial charge is 0.354 e. The summed E-state index contributed by atoms with van der Waals surface area (Å²) in [5.41, 5.74) is 1.11. The molecule has 0 aliphatic heterocycles. The maximum absolute atomic E-state index is 11.7. The summed E-state index contributed by atoms with van der Waals surface area (Å²) in [6.07, 6.45) is 4.79. The minimum Gasteiger partial charge on any atom is -0.354 e. The number of amides is 1. The Balaban J connectivity index is 1.66. The zero-order chi connectivity index (χ0) is 14.4. The molecule has 0 bridgehead atoms. The van der Waals surface area contributed by atoms with Crippen LogP contribution in [0.4, 0.5) is 0 Å². The Morgan fingerprint density at radius 3 is 2.75 bits per heavy atom. The second-order valence-electron chi connectivity index (χ2n) is 4.40. The Bertz CT molecular complexity index is 568. The third kappa shape index (κ3) is 4.98. The molecule has 0 aliphatic rings. The summed E-state index contributed by atoms with van der Waals surface area (Å²) in [6, 6.07) is 7.56. The van der Waals surface area contributed by atoms with Crippen LogP contribution in [0, 0.1) is 0 Å². The maximum atomic E-state index is 11.7. The van der Waals surface area contributed by atoms with Gasteiger partial charge in [-0.2, -0.15) is 5.10 Å². The van der Waals surface area contributed by atoms with Crippen molar-refractivity contribution in [2.75, 3.05) is 6.54 Å². The third-order valence-corrected chi connectivity index (χ3v) is 3.48. The van der Waals surface area contributed by atoms with E-state index in [1.807, 2.05) is 30.5 Å². The summed E-state index contributed by atoms with van der Waals surface area (Å²) in [5, 5.41) is 7.71. The molecule has 1 amide bonds. The molecule has 0 saturated heterocycles. The van der Waals surface area contributed by atoms with Crippen LogP contribution < -0.4 is 5.32 Å². The average Bonchev–Trinajstić information content (AvgIpc) is 2.84. The summed E-state index contributed by atoms with van der Waals surface area (Å²) in [7, 11) is 0. The number of nitrogens with zero attached hydrogens (tertiary/aromatic N) is 2. The smallest absolute Gasteiger partial charge is 0.220 e. The number of hydrogen-bond donors (Lipinski definition) is 1. The fourth-order valence-corrected chi connectivity index (χ4v) is 2.22. The Hall–Kier alpha value is -1.33. The van der Waals surface area contributed by atoms with E-state index >= 15 is 0 Å². The molecule has 0 fully saturated rings. The van der Waals surface area contributed by atoms with Crippen molar-refractivity contribution < 1.29 is 4.79 Å². The molecule has 0 unspecified atom stereocenters. The zero-order valence-corrected chi connectivity index (χ0v) is 13.2. The van der Waals surface area contributed by atoms with Gasteiger partial charge in [0.25, 0.3) is 0 Å². The quantitative estimate of drug-likeness (QED) is 0.865. The topological polar surface area (TPSA) is 46.9 Å². The van der Waals surface area contributed by atoms with Crippen molar-refractivity contribution >= 4 is 33.4 Å². The van der Waals surface area contributed by atoms with Crippen molar-refractivity contribution in [2.24, 2.45) is 0 Å². The summed E-state index contributed by atoms with van der Waals surface area (Å²) in [5.74, 6) is 0.0474. The van der Waals surface area contributed by atoms with E-state index in [-0.39, 0.29) is 5.91 Å². The molecule has 2 aromatic rings. The predicted molar refractivity (Wildman–Crippen MR) is 82.7 cm³/mol. The van der Waals surface area contributed by atoms with Gasteiger partial charge in [-0.3, -0.25) is 9.48 Å². The minimum absolute atomic E-state index is 0.0474. The standard InChI is InChI=1S/C14H15BrClN3O/c15-12-9-18-19(10-12)8-7-17-14(20)6-3-11-1-4-13(16)5-2-11/h1-2,4-5,9-10H,3,6-8H2,(H,17,20). The maximum Gasteiger partial charge on any atom is 0.220 e. The monoisotopic (exact) mass is 355 g/mol. The molecule has 0 spiro atoms. The third-order valence-electron chi connectivity index (χ3n) is 2.82. The van der Waals surface area contributed by atoms with Gasteiger partial charge in [0.1, 0.15) is 0 Å². The van der Waals surface area contributed by atoms with E-state index in [9.17, 15) is 4.79 Å². The van der Waals surface area contributed by atoms with E-state index in [1.165, 1.54) is 0 Å². The highest BCUT2D eigenvalue weighted by Crippen LogP contribution is 2.10. The van der Waals surface area contributed by atoms with Crippen LogP contribution in [0.3, 0.4) is 0 Å². The first-order valence-electron chi connectivity index (χ1n) is 6.32. The van der Waals surface area contributed by atoms with Crippen LogP contribution in [0.25, 0.3) is 0 Å². The second kappa shape index (κ2) is 7.45. The summed E-state index contributed by atoms with van der Waals surface area (Å²) < 4.78 is 2.72. The van der Waals surface area contributed by atoms with Crippen molar-refractivity contribution in [3.8, 4) is 0 Å². The van der Waals surface area contributed by atoms with E-state index in [2.05, 4.69) is 26.3 Å². The molecule has 20 heavy (non-hydrogen) atoms. The molecule has 0 aliphatic carbocycles. The molecule has 6 heteroatoms. The first-order valence-corrected chi connectivity index (χ1v) is 7.50. The van der Waals surface area contributed by atoms with Crippen molar-refractivity contribution in [3.05, 3.63) is 51.7 Å². The van der Waals surface area contributed by atoms with Gasteiger partial charge in [-0.05, 0) is 40.0 Å². The highest BCUT2D eigenvalue weighted by molar-refractivity contribution is 9.10. The van der Waals surface area contributed by atoms with Crippen molar-refractivity contribution in [2.45, 2.75) is 19.4 Å². The van der Waals surface area contributed by atoms with Crippen LogP contribution in [0.15, 0.2) is 41.1 Å². The number of aromatic nitrogens is 2. The van der Waals surface area contributed by atoms with Crippen molar-refractivity contribution in [1.29, 1.82) is 0 Å². The lowest BCUT2D eigenvalue weighted by Crippen LogP contribution is -2.27. The molecule has 0 atom stereocenters. The van der Waals surface area contributed by atoms with Crippen LogP contribution in [0.1, 0.15) is 12.0 Å². The second-order valence-corrected chi connectivity index (χ2v) is 5.75. The first-order chi connectivity index (χ1) is 9.63. The molecule has 1 N–H and O–H groups in total. The molecule has 1 heterocycles. The Morgan fingerprint density at radius 1 is 1.35 bits per heavy atom. The number of rotatable bonds is 6. The van der Waals surface area contributed by atoms with Gasteiger partial charge < -0.3 is 5.32 Å². The molecular formula is C14H15BrClN3O.